The van der Waals surface area contributed by atoms with Gasteiger partial charge in [-0.25, -0.2) is 4.98 Å². The second kappa shape index (κ2) is 4.74. The van der Waals surface area contributed by atoms with Crippen LogP contribution in [0.15, 0.2) is 24.7 Å². The van der Waals surface area contributed by atoms with E-state index in [-0.39, 0.29) is 11.9 Å². The molecule has 2 aromatic rings. The topological polar surface area (TPSA) is 62.7 Å². The first-order valence-corrected chi connectivity index (χ1v) is 6.70. The van der Waals surface area contributed by atoms with Crippen LogP contribution in [-0.2, 0) is 0 Å². The average Bonchev–Trinajstić information content (AvgIpc) is 2.91. The van der Waals surface area contributed by atoms with Gasteiger partial charge in [0.05, 0.1) is 11.1 Å². The third-order valence-corrected chi connectivity index (χ3v) is 3.47. The molecule has 1 aliphatic carbocycles. The second-order valence-corrected chi connectivity index (χ2v) is 5.29. The zero-order valence-corrected chi connectivity index (χ0v) is 11.3. The summed E-state index contributed by atoms with van der Waals surface area (Å²) < 4.78 is 1.96. The van der Waals surface area contributed by atoms with Gasteiger partial charge in [-0.15, -0.1) is 0 Å². The minimum atomic E-state index is -0.163. The maximum absolute atomic E-state index is 12.3. The van der Waals surface area contributed by atoms with E-state index in [0.717, 1.165) is 18.7 Å². The maximum Gasteiger partial charge on any atom is 0.268 e. The summed E-state index contributed by atoms with van der Waals surface area (Å²) in [6, 6.07) is 1.97. The second-order valence-electron chi connectivity index (χ2n) is 4.85. The van der Waals surface area contributed by atoms with E-state index >= 15 is 0 Å². The number of hydrogen-bond acceptors (Lipinski definition) is 2. The lowest BCUT2D eigenvalue weighted by Crippen LogP contribution is -2.29. The predicted octanol–water partition coefficient (Wildman–Crippen LogP) is 2.69. The van der Waals surface area contributed by atoms with E-state index in [2.05, 4.69) is 15.3 Å². The van der Waals surface area contributed by atoms with Gasteiger partial charge in [-0.3, -0.25) is 4.79 Å². The van der Waals surface area contributed by atoms with Crippen LogP contribution in [0.1, 0.15) is 48.2 Å². The van der Waals surface area contributed by atoms with Crippen molar-refractivity contribution in [3.05, 3.63) is 41.2 Å². The number of rotatable bonds is 4. The molecule has 2 heterocycles. The van der Waals surface area contributed by atoms with E-state index < -0.39 is 0 Å². The molecule has 3 rings (SSSR count). The Morgan fingerprint density at radius 1 is 1.63 bits per heavy atom. The average molecular weight is 279 g/mol. The first-order valence-electron chi connectivity index (χ1n) is 6.32. The molecule has 5 nitrogen and oxygen atoms in total. The largest absolute Gasteiger partial charge is 0.347 e. The lowest BCUT2D eigenvalue weighted by atomic mass is 10.3. The van der Waals surface area contributed by atoms with Crippen LogP contribution in [0.2, 0.25) is 5.02 Å². The molecule has 0 aromatic carbocycles. The molecule has 1 atom stereocenters. The van der Waals surface area contributed by atoms with E-state index in [4.69, 9.17) is 11.6 Å². The van der Waals surface area contributed by atoms with Gasteiger partial charge in [-0.2, -0.15) is 0 Å². The molecule has 1 fully saturated rings. The fraction of sp³-hybridized carbons (Fsp3) is 0.385. The zero-order valence-electron chi connectivity index (χ0n) is 10.6. The van der Waals surface area contributed by atoms with E-state index in [1.807, 2.05) is 17.7 Å². The van der Waals surface area contributed by atoms with Crippen molar-refractivity contribution in [2.45, 2.75) is 31.8 Å². The molecule has 0 aliphatic heterocycles. The van der Waals surface area contributed by atoms with E-state index in [0.29, 0.717) is 16.8 Å². The third kappa shape index (κ3) is 2.51. The summed E-state index contributed by atoms with van der Waals surface area (Å²) in [5, 5.41) is 3.52. The quantitative estimate of drug-likeness (QED) is 0.903. The number of carbonyl (C=O) groups is 1. The molecule has 1 amide bonds. The Balaban J connectivity index is 1.77. The van der Waals surface area contributed by atoms with Gasteiger partial charge in [0.1, 0.15) is 11.5 Å². The fourth-order valence-corrected chi connectivity index (χ4v) is 2.34. The highest BCUT2D eigenvalue weighted by Gasteiger charge is 2.28. The maximum atomic E-state index is 12.3. The number of nitrogens with zero attached hydrogens (tertiary/aromatic N) is 2. The Labute approximate surface area is 116 Å². The number of halogens is 1. The summed E-state index contributed by atoms with van der Waals surface area (Å²) in [6.07, 6.45) is 7.45. The minimum absolute atomic E-state index is 0.122. The lowest BCUT2D eigenvalue weighted by molar-refractivity contribution is 0.0929. The van der Waals surface area contributed by atoms with Crippen molar-refractivity contribution in [1.29, 1.82) is 0 Å². The van der Waals surface area contributed by atoms with Gasteiger partial charge in [0.2, 0.25) is 0 Å². The van der Waals surface area contributed by atoms with Crippen molar-refractivity contribution in [2.75, 3.05) is 0 Å². The van der Waals surface area contributed by atoms with Crippen LogP contribution < -0.4 is 5.32 Å². The first-order chi connectivity index (χ1) is 9.15. The van der Waals surface area contributed by atoms with Crippen molar-refractivity contribution in [3.63, 3.8) is 0 Å². The molecule has 19 heavy (non-hydrogen) atoms. The molecule has 0 saturated heterocycles. The van der Waals surface area contributed by atoms with E-state index in [1.165, 1.54) is 0 Å². The van der Waals surface area contributed by atoms with Crippen LogP contribution in [0.25, 0.3) is 0 Å². The number of aromatic nitrogens is 3. The Bertz CT molecular complexity index is 586. The number of carbonyl (C=O) groups excluding carboxylic acids is 1. The molecule has 2 aromatic heterocycles. The molecule has 0 spiro atoms. The number of H-pyrrole nitrogens is 1. The minimum Gasteiger partial charge on any atom is -0.347 e. The van der Waals surface area contributed by atoms with Crippen LogP contribution in [0.4, 0.5) is 0 Å². The van der Waals surface area contributed by atoms with Gasteiger partial charge >= 0.3 is 0 Å². The normalized spacial score (nSPS) is 16.3. The van der Waals surface area contributed by atoms with Gasteiger partial charge in [-0.05, 0) is 25.8 Å². The van der Waals surface area contributed by atoms with Crippen LogP contribution in [0.5, 0.6) is 0 Å². The molecule has 6 heteroatoms. The summed E-state index contributed by atoms with van der Waals surface area (Å²) in [5.74, 6) is 0.617. The van der Waals surface area contributed by atoms with Crippen molar-refractivity contribution in [1.82, 2.24) is 19.9 Å². The molecule has 0 bridgehead atoms. The Hall–Kier alpha value is -1.75. The van der Waals surface area contributed by atoms with Crippen molar-refractivity contribution in [3.8, 4) is 0 Å². The van der Waals surface area contributed by atoms with Gasteiger partial charge in [-0.1, -0.05) is 11.6 Å². The molecular weight excluding hydrogens is 264 g/mol. The van der Waals surface area contributed by atoms with Gasteiger partial charge in [0.25, 0.3) is 5.91 Å². The first kappa shape index (κ1) is 12.3. The van der Waals surface area contributed by atoms with E-state index in [1.54, 1.807) is 18.5 Å². The molecule has 100 valence electrons. The van der Waals surface area contributed by atoms with Crippen LogP contribution in [0, 0.1) is 0 Å². The molecule has 1 aliphatic rings. The van der Waals surface area contributed by atoms with Crippen LogP contribution >= 0.6 is 11.6 Å². The number of imidazole rings is 1. The standard InChI is InChI=1S/C13H15ClN4O/c1-8(12-15-4-5-16-12)17-13(19)11-6-9(14)7-18(11)10-2-3-10/h4-8,10H,2-3H2,1H3,(H,15,16)(H,17,19). The summed E-state index contributed by atoms with van der Waals surface area (Å²) in [6.45, 7) is 1.89. The van der Waals surface area contributed by atoms with Gasteiger partial charge < -0.3 is 14.9 Å². The third-order valence-electron chi connectivity index (χ3n) is 3.27. The number of amides is 1. The lowest BCUT2D eigenvalue weighted by Gasteiger charge is -2.13. The zero-order chi connectivity index (χ0) is 13.4. The summed E-state index contributed by atoms with van der Waals surface area (Å²) in [4.78, 5) is 19.4. The number of hydrogen-bond donors (Lipinski definition) is 2. The Morgan fingerprint density at radius 3 is 3.05 bits per heavy atom. The fourth-order valence-electron chi connectivity index (χ4n) is 2.14. The van der Waals surface area contributed by atoms with Crippen molar-refractivity contribution in [2.24, 2.45) is 0 Å². The highest BCUT2D eigenvalue weighted by atomic mass is 35.5. The number of nitrogens with one attached hydrogen (secondary N) is 2. The smallest absolute Gasteiger partial charge is 0.268 e. The molecular formula is C13H15ClN4O. The Morgan fingerprint density at radius 2 is 2.42 bits per heavy atom. The summed E-state index contributed by atoms with van der Waals surface area (Å²) >= 11 is 6.00. The monoisotopic (exact) mass is 278 g/mol. The summed E-state index contributed by atoms with van der Waals surface area (Å²) in [7, 11) is 0. The van der Waals surface area contributed by atoms with Crippen molar-refractivity contribution < 1.29 is 4.79 Å². The van der Waals surface area contributed by atoms with Gasteiger partial charge in [0.15, 0.2) is 0 Å². The molecule has 1 unspecified atom stereocenters. The predicted molar refractivity (Wildman–Crippen MR) is 72.2 cm³/mol. The van der Waals surface area contributed by atoms with E-state index in [9.17, 15) is 4.79 Å². The summed E-state index contributed by atoms with van der Waals surface area (Å²) in [5.41, 5.74) is 0.617. The highest BCUT2D eigenvalue weighted by molar-refractivity contribution is 6.31. The SMILES string of the molecule is CC(NC(=O)c1cc(Cl)cn1C1CC1)c1ncc[nH]1. The molecule has 1 saturated carbocycles. The highest BCUT2D eigenvalue weighted by Crippen LogP contribution is 2.37. The van der Waals surface area contributed by atoms with Crippen LogP contribution in [0.3, 0.4) is 0 Å². The van der Waals surface area contributed by atoms with Crippen molar-refractivity contribution >= 4 is 17.5 Å². The van der Waals surface area contributed by atoms with Crippen LogP contribution in [-0.4, -0.2) is 20.4 Å². The molecule has 2 N–H and O–H groups in total. The Kier molecular flexibility index (Phi) is 3.06. The number of aromatic amines is 1. The molecule has 0 radical (unpaired) electrons. The van der Waals surface area contributed by atoms with Gasteiger partial charge in [0, 0.05) is 24.6 Å².